The van der Waals surface area contributed by atoms with Crippen LogP contribution in [0.15, 0.2) is 23.8 Å². The number of hydrogen-bond donors (Lipinski definition) is 0. The highest BCUT2D eigenvalue weighted by Gasteiger charge is 2.15. The Bertz CT molecular complexity index is 299. The highest BCUT2D eigenvalue weighted by atomic mass is 35.5. The first-order chi connectivity index (χ1) is 6.27. The Morgan fingerprint density at radius 2 is 2.38 bits per heavy atom. The molecule has 68 valence electrons. The van der Waals surface area contributed by atoms with E-state index < -0.39 is 5.92 Å². The van der Waals surface area contributed by atoms with Crippen LogP contribution >= 0.6 is 11.6 Å². The lowest BCUT2D eigenvalue weighted by molar-refractivity contribution is -0.115. The molecule has 13 heavy (non-hydrogen) atoms. The van der Waals surface area contributed by atoms with Gasteiger partial charge < -0.3 is 0 Å². The van der Waals surface area contributed by atoms with Crippen LogP contribution in [0.25, 0.3) is 0 Å². The summed E-state index contributed by atoms with van der Waals surface area (Å²) in [6, 6.07) is 1.92. The highest BCUT2D eigenvalue weighted by molar-refractivity contribution is 6.17. The predicted octanol–water partition coefficient (Wildman–Crippen LogP) is 2.21. The lowest BCUT2D eigenvalue weighted by atomic mass is 9.95. The van der Waals surface area contributed by atoms with Gasteiger partial charge in [0, 0.05) is 5.88 Å². The van der Waals surface area contributed by atoms with Gasteiger partial charge in [-0.05, 0) is 24.5 Å². The van der Waals surface area contributed by atoms with Crippen LogP contribution in [0, 0.1) is 17.2 Å². The molecule has 0 fully saturated rings. The van der Waals surface area contributed by atoms with Gasteiger partial charge in [-0.3, -0.25) is 4.79 Å². The van der Waals surface area contributed by atoms with E-state index in [1.807, 2.05) is 12.1 Å². The number of alkyl halides is 1. The number of rotatable bonds is 3. The van der Waals surface area contributed by atoms with E-state index in [9.17, 15) is 4.79 Å². The second kappa shape index (κ2) is 4.84. The monoisotopic (exact) mass is 195 g/mol. The van der Waals surface area contributed by atoms with Gasteiger partial charge in [0.25, 0.3) is 0 Å². The van der Waals surface area contributed by atoms with Crippen LogP contribution in [0.4, 0.5) is 0 Å². The molecule has 1 rings (SSSR count). The topological polar surface area (TPSA) is 40.9 Å². The zero-order chi connectivity index (χ0) is 9.68. The van der Waals surface area contributed by atoms with E-state index >= 15 is 0 Å². The number of carbonyl (C=O) groups excluding carboxylic acids is 1. The number of nitrogens with zero attached hydrogens (tertiary/aromatic N) is 1. The molecule has 3 heteroatoms. The highest BCUT2D eigenvalue weighted by Crippen LogP contribution is 2.16. The largest absolute Gasteiger partial charge is 0.293 e. The molecule has 0 heterocycles. The first kappa shape index (κ1) is 10.0. The molecular formula is C10H10ClNO. The normalized spacial score (nSPS) is 21.1. The van der Waals surface area contributed by atoms with Crippen molar-refractivity contribution in [1.29, 1.82) is 5.26 Å². The number of allylic oxidation sites excluding steroid dienone is 4. The van der Waals surface area contributed by atoms with Gasteiger partial charge >= 0.3 is 0 Å². The van der Waals surface area contributed by atoms with Crippen LogP contribution in [0.5, 0.6) is 0 Å². The summed E-state index contributed by atoms with van der Waals surface area (Å²) in [5.74, 6) is -0.101. The lowest BCUT2D eigenvalue weighted by Gasteiger charge is -2.08. The number of ketones is 1. The molecule has 1 aliphatic carbocycles. The molecule has 0 N–H and O–H groups in total. The molecule has 1 unspecified atom stereocenters. The molecule has 0 saturated heterocycles. The number of hydrogen-bond acceptors (Lipinski definition) is 2. The van der Waals surface area contributed by atoms with E-state index in [1.54, 1.807) is 12.2 Å². The van der Waals surface area contributed by atoms with Crippen LogP contribution in [0.1, 0.15) is 12.8 Å². The van der Waals surface area contributed by atoms with Gasteiger partial charge in [-0.25, -0.2) is 0 Å². The summed E-state index contributed by atoms with van der Waals surface area (Å²) in [6.07, 6.45) is 6.69. The molecule has 1 atom stereocenters. The van der Waals surface area contributed by atoms with Gasteiger partial charge in [0.15, 0.2) is 5.78 Å². The Balaban J connectivity index is 2.59. The first-order valence-electron chi connectivity index (χ1n) is 4.16. The molecule has 0 bridgehead atoms. The third-order valence-electron chi connectivity index (χ3n) is 1.88. The average molecular weight is 196 g/mol. The quantitative estimate of drug-likeness (QED) is 0.648. The number of carbonyl (C=O) groups is 1. The Labute approximate surface area is 82.5 Å². The van der Waals surface area contributed by atoms with Crippen molar-refractivity contribution in [3.63, 3.8) is 0 Å². The van der Waals surface area contributed by atoms with E-state index in [2.05, 4.69) is 0 Å². The van der Waals surface area contributed by atoms with Crippen molar-refractivity contribution >= 4 is 17.4 Å². The van der Waals surface area contributed by atoms with E-state index in [0.29, 0.717) is 5.88 Å². The van der Waals surface area contributed by atoms with Crippen LogP contribution in [-0.4, -0.2) is 11.7 Å². The molecule has 0 aliphatic heterocycles. The van der Waals surface area contributed by atoms with Crippen LogP contribution in [0.3, 0.4) is 0 Å². The molecule has 0 saturated carbocycles. The maximum Gasteiger partial charge on any atom is 0.176 e. The third kappa shape index (κ3) is 2.71. The first-order valence-corrected chi connectivity index (χ1v) is 4.69. The second-order valence-electron chi connectivity index (χ2n) is 2.88. The minimum Gasteiger partial charge on any atom is -0.293 e. The smallest absolute Gasteiger partial charge is 0.176 e. The van der Waals surface area contributed by atoms with Gasteiger partial charge in [-0.2, -0.15) is 5.26 Å². The summed E-state index contributed by atoms with van der Waals surface area (Å²) < 4.78 is 0. The Hall–Kier alpha value is -1.07. The predicted molar refractivity (Wildman–Crippen MR) is 51.3 cm³/mol. The minimum absolute atomic E-state index is 0.116. The Kier molecular flexibility index (Phi) is 3.72. The van der Waals surface area contributed by atoms with Crippen LogP contribution in [-0.2, 0) is 4.79 Å². The van der Waals surface area contributed by atoms with Crippen molar-refractivity contribution in [2.24, 2.45) is 5.92 Å². The lowest BCUT2D eigenvalue weighted by Crippen LogP contribution is -2.10. The molecule has 2 nitrogen and oxygen atoms in total. The minimum atomic E-state index is -0.584. The van der Waals surface area contributed by atoms with Crippen LogP contribution in [0.2, 0.25) is 0 Å². The molecule has 0 aromatic rings. The fourth-order valence-corrected chi connectivity index (χ4v) is 1.30. The zero-order valence-corrected chi connectivity index (χ0v) is 7.92. The van der Waals surface area contributed by atoms with Gasteiger partial charge in [0.05, 0.1) is 6.07 Å². The summed E-state index contributed by atoms with van der Waals surface area (Å²) in [5, 5.41) is 8.55. The van der Waals surface area contributed by atoms with E-state index in [0.717, 1.165) is 18.4 Å². The molecule has 0 aromatic heterocycles. The van der Waals surface area contributed by atoms with Crippen molar-refractivity contribution < 1.29 is 4.79 Å². The van der Waals surface area contributed by atoms with Gasteiger partial charge in [-0.15, -0.1) is 11.6 Å². The summed E-state index contributed by atoms with van der Waals surface area (Å²) in [6.45, 7) is 0. The molecule has 0 aromatic carbocycles. The van der Waals surface area contributed by atoms with Crippen molar-refractivity contribution in [1.82, 2.24) is 0 Å². The standard InChI is InChI=1S/C10H10ClNO/c11-5-1-2-8-3-4-9(7-12)10(13)6-8/h3-4,6,9H,1-2,5H2. The Morgan fingerprint density at radius 1 is 1.62 bits per heavy atom. The van der Waals surface area contributed by atoms with E-state index in [4.69, 9.17) is 16.9 Å². The second-order valence-corrected chi connectivity index (χ2v) is 3.26. The molecule has 0 radical (unpaired) electrons. The summed E-state index contributed by atoms with van der Waals surface area (Å²) in [7, 11) is 0. The molecule has 0 amide bonds. The molecule has 0 spiro atoms. The molecular weight excluding hydrogens is 186 g/mol. The fourth-order valence-electron chi connectivity index (χ4n) is 1.17. The van der Waals surface area contributed by atoms with Gasteiger partial charge in [0.2, 0.25) is 0 Å². The van der Waals surface area contributed by atoms with Crippen molar-refractivity contribution in [3.8, 4) is 6.07 Å². The summed E-state index contributed by atoms with van der Waals surface area (Å²) >= 11 is 5.52. The number of halogens is 1. The maximum atomic E-state index is 11.2. The SMILES string of the molecule is N#CC1C=CC(CCCCl)=CC1=O. The van der Waals surface area contributed by atoms with Gasteiger partial charge in [0.1, 0.15) is 5.92 Å². The molecule has 1 aliphatic rings. The van der Waals surface area contributed by atoms with Gasteiger partial charge in [-0.1, -0.05) is 12.2 Å². The summed E-state index contributed by atoms with van der Waals surface area (Å²) in [4.78, 5) is 11.2. The van der Waals surface area contributed by atoms with E-state index in [1.165, 1.54) is 0 Å². The zero-order valence-electron chi connectivity index (χ0n) is 7.16. The third-order valence-corrected chi connectivity index (χ3v) is 2.14. The number of nitriles is 1. The van der Waals surface area contributed by atoms with Crippen molar-refractivity contribution in [2.45, 2.75) is 12.8 Å². The Morgan fingerprint density at radius 3 is 2.92 bits per heavy atom. The average Bonchev–Trinajstić information content (AvgIpc) is 2.15. The summed E-state index contributed by atoms with van der Waals surface area (Å²) in [5.41, 5.74) is 0.970. The fraction of sp³-hybridized carbons (Fsp3) is 0.400. The van der Waals surface area contributed by atoms with Crippen LogP contribution < -0.4 is 0 Å². The van der Waals surface area contributed by atoms with E-state index in [-0.39, 0.29) is 5.78 Å². The van der Waals surface area contributed by atoms with Crippen molar-refractivity contribution in [2.75, 3.05) is 5.88 Å². The maximum absolute atomic E-state index is 11.2. The van der Waals surface area contributed by atoms with Crippen molar-refractivity contribution in [3.05, 3.63) is 23.8 Å².